The molecule has 1 heterocycles. The van der Waals surface area contributed by atoms with Crippen LogP contribution >= 0.6 is 15.9 Å². The molecule has 3 nitrogen and oxygen atoms in total. The normalized spacial score (nSPS) is 13.5. The fraction of sp³-hybridized carbons (Fsp3) is 0.200. The van der Waals surface area contributed by atoms with Gasteiger partial charge in [-0.3, -0.25) is 9.78 Å². The lowest BCUT2D eigenvalue weighted by atomic mass is 10.0. The first-order chi connectivity index (χ1) is 9.19. The van der Waals surface area contributed by atoms with Crippen molar-refractivity contribution in [2.75, 3.05) is 7.11 Å². The Labute approximate surface area is 119 Å². The van der Waals surface area contributed by atoms with E-state index < -0.39 is 0 Å². The summed E-state index contributed by atoms with van der Waals surface area (Å²) < 4.78 is 6.12. The summed E-state index contributed by atoms with van der Waals surface area (Å²) in [5, 5.41) is 0. The fourth-order valence-corrected chi connectivity index (χ4v) is 2.78. The molecule has 0 fully saturated rings. The molecule has 0 saturated heterocycles. The van der Waals surface area contributed by atoms with Gasteiger partial charge in [-0.2, -0.15) is 0 Å². The van der Waals surface area contributed by atoms with Gasteiger partial charge in [0.1, 0.15) is 11.4 Å². The Bertz CT molecular complexity index is 667. The van der Waals surface area contributed by atoms with Crippen molar-refractivity contribution >= 4 is 21.7 Å². The fourth-order valence-electron chi connectivity index (χ4n) is 2.40. The predicted molar refractivity (Wildman–Crippen MR) is 75.8 cm³/mol. The lowest BCUT2D eigenvalue weighted by Crippen LogP contribution is -2.06. The molecule has 0 amide bonds. The maximum absolute atomic E-state index is 12.5. The summed E-state index contributed by atoms with van der Waals surface area (Å²) in [5.74, 6) is 0.782. The van der Waals surface area contributed by atoms with Gasteiger partial charge in [-0.15, -0.1) is 0 Å². The number of aryl methyl sites for hydroxylation is 2. The second-order valence-corrected chi connectivity index (χ2v) is 5.43. The highest BCUT2D eigenvalue weighted by atomic mass is 79.9. The average molecular weight is 318 g/mol. The van der Waals surface area contributed by atoms with Crippen molar-refractivity contribution < 1.29 is 9.53 Å². The summed E-state index contributed by atoms with van der Waals surface area (Å²) in [7, 11) is 1.63. The van der Waals surface area contributed by atoms with Crippen LogP contribution in [-0.2, 0) is 12.8 Å². The van der Waals surface area contributed by atoms with E-state index in [1.165, 1.54) is 0 Å². The van der Waals surface area contributed by atoms with Gasteiger partial charge in [0.05, 0.1) is 7.11 Å². The van der Waals surface area contributed by atoms with E-state index in [0.29, 0.717) is 5.69 Å². The number of methoxy groups -OCH3 is 1. The molecule has 2 aromatic rings. The maximum Gasteiger partial charge on any atom is 0.211 e. The second kappa shape index (κ2) is 4.78. The molecule has 0 unspecified atom stereocenters. The van der Waals surface area contributed by atoms with Crippen molar-refractivity contribution in [2.45, 2.75) is 12.8 Å². The number of hydrogen-bond donors (Lipinski definition) is 0. The van der Waals surface area contributed by atoms with Crippen LogP contribution in [0.3, 0.4) is 0 Å². The molecule has 4 heteroatoms. The maximum atomic E-state index is 12.5. The van der Waals surface area contributed by atoms with E-state index in [-0.39, 0.29) is 5.78 Å². The second-order valence-electron chi connectivity index (χ2n) is 4.51. The number of carbonyl (C=O) groups is 1. The molecule has 0 spiro atoms. The van der Waals surface area contributed by atoms with E-state index in [1.54, 1.807) is 13.3 Å². The summed E-state index contributed by atoms with van der Waals surface area (Å²) in [5.41, 5.74) is 3.31. The van der Waals surface area contributed by atoms with Crippen molar-refractivity contribution in [2.24, 2.45) is 0 Å². The number of benzene rings is 1. The van der Waals surface area contributed by atoms with Gasteiger partial charge in [0.2, 0.25) is 5.78 Å². The Balaban J connectivity index is 2.13. The van der Waals surface area contributed by atoms with Gasteiger partial charge in [0.25, 0.3) is 0 Å². The van der Waals surface area contributed by atoms with Crippen molar-refractivity contribution in [1.82, 2.24) is 4.98 Å². The first-order valence-electron chi connectivity index (χ1n) is 6.05. The number of fused-ring (bicyclic) bond motifs is 2. The van der Waals surface area contributed by atoms with Gasteiger partial charge in [0.15, 0.2) is 0 Å². The average Bonchev–Trinajstić information content (AvgIpc) is 2.56. The zero-order valence-corrected chi connectivity index (χ0v) is 12.0. The quantitative estimate of drug-likeness (QED) is 0.811. The Hall–Kier alpha value is -1.68. The zero-order chi connectivity index (χ0) is 13.4. The van der Waals surface area contributed by atoms with Crippen LogP contribution in [0.15, 0.2) is 34.9 Å². The minimum atomic E-state index is -0.00217. The molecule has 0 aliphatic heterocycles. The molecule has 1 aliphatic rings. The number of ether oxygens (including phenoxy) is 1. The number of halogens is 1. The third-order valence-corrected chi connectivity index (χ3v) is 3.80. The number of rotatable bonds is 1. The molecule has 1 aromatic heterocycles. The first kappa shape index (κ1) is 12.4. The summed E-state index contributed by atoms with van der Waals surface area (Å²) in [6, 6.07) is 7.56. The Kier molecular flexibility index (Phi) is 3.11. The standard InChI is InChI=1S/C15H12BrNO2/c1-19-12-4-5-13-9(7-12)2-3-10-6-11(16)8-17-14(10)15(13)18/h4-8H,2-3H2,1H3. The van der Waals surface area contributed by atoms with Crippen LogP contribution in [0.25, 0.3) is 0 Å². The van der Waals surface area contributed by atoms with Crippen LogP contribution in [0.4, 0.5) is 0 Å². The molecule has 0 radical (unpaired) electrons. The molecule has 0 bridgehead atoms. The van der Waals surface area contributed by atoms with Crippen molar-refractivity contribution in [3.05, 3.63) is 57.3 Å². The summed E-state index contributed by atoms with van der Waals surface area (Å²) in [4.78, 5) is 16.8. The molecule has 1 aliphatic carbocycles. The lowest BCUT2D eigenvalue weighted by molar-refractivity contribution is 0.103. The minimum absolute atomic E-state index is 0.00217. The Morgan fingerprint density at radius 1 is 1.21 bits per heavy atom. The van der Waals surface area contributed by atoms with Gasteiger partial charge >= 0.3 is 0 Å². The number of aromatic nitrogens is 1. The summed E-state index contributed by atoms with van der Waals surface area (Å²) in [6.07, 6.45) is 3.31. The van der Waals surface area contributed by atoms with Crippen LogP contribution in [0.5, 0.6) is 5.75 Å². The number of hydrogen-bond acceptors (Lipinski definition) is 3. The molecule has 96 valence electrons. The molecule has 3 rings (SSSR count). The lowest BCUT2D eigenvalue weighted by Gasteiger charge is -2.06. The van der Waals surface area contributed by atoms with Crippen LogP contribution in [-0.4, -0.2) is 17.9 Å². The monoisotopic (exact) mass is 317 g/mol. The SMILES string of the molecule is COc1ccc2c(c1)CCc1cc(Br)cnc1C2=O. The highest BCUT2D eigenvalue weighted by Crippen LogP contribution is 2.27. The Morgan fingerprint density at radius 2 is 2.00 bits per heavy atom. The topological polar surface area (TPSA) is 39.2 Å². The van der Waals surface area contributed by atoms with Crippen LogP contribution in [0.2, 0.25) is 0 Å². The zero-order valence-electron chi connectivity index (χ0n) is 10.4. The number of ketones is 1. The molecule has 1 aromatic carbocycles. The number of pyridine rings is 1. The number of nitrogens with zero attached hydrogens (tertiary/aromatic N) is 1. The molecular formula is C15H12BrNO2. The van der Waals surface area contributed by atoms with Crippen LogP contribution in [0, 0.1) is 0 Å². The van der Waals surface area contributed by atoms with E-state index >= 15 is 0 Å². The summed E-state index contributed by atoms with van der Waals surface area (Å²) >= 11 is 3.40. The molecular weight excluding hydrogens is 306 g/mol. The molecule has 19 heavy (non-hydrogen) atoms. The van der Waals surface area contributed by atoms with Gasteiger partial charge in [0, 0.05) is 16.2 Å². The van der Waals surface area contributed by atoms with Crippen LogP contribution < -0.4 is 4.74 Å². The van der Waals surface area contributed by atoms with Crippen molar-refractivity contribution in [1.29, 1.82) is 0 Å². The van der Waals surface area contributed by atoms with E-state index in [1.807, 2.05) is 24.3 Å². The smallest absolute Gasteiger partial charge is 0.211 e. The molecule has 0 saturated carbocycles. The Morgan fingerprint density at radius 3 is 2.79 bits per heavy atom. The van der Waals surface area contributed by atoms with E-state index in [0.717, 1.165) is 39.8 Å². The van der Waals surface area contributed by atoms with Crippen LogP contribution in [0.1, 0.15) is 27.2 Å². The summed E-state index contributed by atoms with van der Waals surface area (Å²) in [6.45, 7) is 0. The third-order valence-electron chi connectivity index (χ3n) is 3.37. The highest BCUT2D eigenvalue weighted by molar-refractivity contribution is 9.10. The van der Waals surface area contributed by atoms with E-state index in [4.69, 9.17) is 4.74 Å². The molecule has 0 atom stereocenters. The largest absolute Gasteiger partial charge is 0.497 e. The van der Waals surface area contributed by atoms with E-state index in [2.05, 4.69) is 20.9 Å². The van der Waals surface area contributed by atoms with E-state index in [9.17, 15) is 4.79 Å². The van der Waals surface area contributed by atoms with Gasteiger partial charge in [-0.1, -0.05) is 0 Å². The first-order valence-corrected chi connectivity index (χ1v) is 6.84. The minimum Gasteiger partial charge on any atom is -0.497 e. The third kappa shape index (κ3) is 2.16. The highest BCUT2D eigenvalue weighted by Gasteiger charge is 2.22. The van der Waals surface area contributed by atoms with Gasteiger partial charge in [-0.05, 0) is 64.2 Å². The van der Waals surface area contributed by atoms with Crippen molar-refractivity contribution in [3.8, 4) is 5.75 Å². The molecule has 0 N–H and O–H groups in total. The number of carbonyl (C=O) groups excluding carboxylic acids is 1. The van der Waals surface area contributed by atoms with Gasteiger partial charge < -0.3 is 4.74 Å². The van der Waals surface area contributed by atoms with Crippen molar-refractivity contribution in [3.63, 3.8) is 0 Å². The van der Waals surface area contributed by atoms with Gasteiger partial charge in [-0.25, -0.2) is 0 Å². The predicted octanol–water partition coefficient (Wildman–Crippen LogP) is 3.18.